The van der Waals surface area contributed by atoms with Gasteiger partial charge in [0.1, 0.15) is 16.6 Å². The zero-order valence-corrected chi connectivity index (χ0v) is 19.7. The molecule has 0 aliphatic rings. The molecule has 7 nitrogen and oxygen atoms in total. The van der Waals surface area contributed by atoms with Crippen LogP contribution in [0.2, 0.25) is 0 Å². The Kier molecular flexibility index (Phi) is 8.36. The van der Waals surface area contributed by atoms with Crippen molar-refractivity contribution in [2.45, 2.75) is 39.8 Å². The number of aryl methyl sites for hydroxylation is 1. The van der Waals surface area contributed by atoms with E-state index in [-0.39, 0.29) is 24.0 Å². The van der Waals surface area contributed by atoms with Gasteiger partial charge in [0.2, 0.25) is 0 Å². The van der Waals surface area contributed by atoms with Gasteiger partial charge >= 0.3 is 0 Å². The third-order valence-corrected chi connectivity index (χ3v) is 5.00. The second-order valence-corrected chi connectivity index (χ2v) is 7.41. The second kappa shape index (κ2) is 10.5. The Morgan fingerprint density at radius 2 is 2.00 bits per heavy atom. The van der Waals surface area contributed by atoms with Crippen molar-refractivity contribution in [1.82, 2.24) is 30.2 Å². The van der Waals surface area contributed by atoms with Gasteiger partial charge in [-0.25, -0.2) is 15.0 Å². The standard InChI is InChI=1S/C19H25N7S.HI/c1-13(2)16-12-27-18(25-16)11-24-19(20-4)23-10-15-5-6-17(22-9-15)26-8-7-21-14(26)3;/h5-9,12-13H,10-11H2,1-4H3,(H2,20,23,24);1H. The number of halogens is 1. The van der Waals surface area contributed by atoms with Crippen molar-refractivity contribution in [3.8, 4) is 5.82 Å². The van der Waals surface area contributed by atoms with Crippen LogP contribution in [0.15, 0.2) is 41.1 Å². The number of aliphatic imine (C=N–C) groups is 1. The van der Waals surface area contributed by atoms with E-state index in [9.17, 15) is 0 Å². The molecule has 0 unspecified atom stereocenters. The van der Waals surface area contributed by atoms with Crippen LogP contribution in [-0.4, -0.2) is 32.5 Å². The lowest BCUT2D eigenvalue weighted by Crippen LogP contribution is -2.36. The molecule has 0 atom stereocenters. The van der Waals surface area contributed by atoms with Gasteiger partial charge in [0.25, 0.3) is 0 Å². The predicted octanol–water partition coefficient (Wildman–Crippen LogP) is 3.64. The number of aromatic nitrogens is 4. The van der Waals surface area contributed by atoms with E-state index in [1.807, 2.05) is 30.0 Å². The Balaban J connectivity index is 0.00000280. The van der Waals surface area contributed by atoms with E-state index >= 15 is 0 Å². The number of nitrogens with one attached hydrogen (secondary N) is 2. The Hall–Kier alpha value is -2.01. The first-order valence-electron chi connectivity index (χ1n) is 8.91. The molecule has 9 heteroatoms. The molecular formula is C19H26IN7S. The Morgan fingerprint density at radius 1 is 1.21 bits per heavy atom. The Morgan fingerprint density at radius 3 is 2.57 bits per heavy atom. The molecule has 0 aliphatic carbocycles. The summed E-state index contributed by atoms with van der Waals surface area (Å²) in [6.45, 7) is 7.57. The molecule has 0 saturated carbocycles. The lowest BCUT2D eigenvalue weighted by molar-refractivity contribution is 0.783. The van der Waals surface area contributed by atoms with E-state index in [4.69, 9.17) is 0 Å². The van der Waals surface area contributed by atoms with Gasteiger partial charge in [-0.15, -0.1) is 35.3 Å². The zero-order chi connectivity index (χ0) is 19.2. The average Bonchev–Trinajstić information content (AvgIpc) is 3.31. The van der Waals surface area contributed by atoms with E-state index in [1.54, 1.807) is 24.6 Å². The molecule has 150 valence electrons. The average molecular weight is 511 g/mol. The van der Waals surface area contributed by atoms with Crippen LogP contribution < -0.4 is 10.6 Å². The quantitative estimate of drug-likeness (QED) is 0.300. The fourth-order valence-electron chi connectivity index (χ4n) is 2.52. The minimum Gasteiger partial charge on any atom is -0.352 e. The number of hydrogen-bond acceptors (Lipinski definition) is 5. The first-order chi connectivity index (χ1) is 13.1. The van der Waals surface area contributed by atoms with Crippen LogP contribution in [0.1, 0.15) is 41.9 Å². The van der Waals surface area contributed by atoms with Crippen LogP contribution >= 0.6 is 35.3 Å². The number of thiazole rings is 1. The van der Waals surface area contributed by atoms with E-state index < -0.39 is 0 Å². The third-order valence-electron chi connectivity index (χ3n) is 4.13. The molecule has 3 rings (SSSR count). The molecule has 3 heterocycles. The van der Waals surface area contributed by atoms with Crippen molar-refractivity contribution in [1.29, 1.82) is 0 Å². The molecule has 28 heavy (non-hydrogen) atoms. The normalized spacial score (nSPS) is 11.4. The minimum absolute atomic E-state index is 0. The summed E-state index contributed by atoms with van der Waals surface area (Å²) in [5.74, 6) is 2.97. The van der Waals surface area contributed by atoms with Gasteiger partial charge in [-0.05, 0) is 24.5 Å². The highest BCUT2D eigenvalue weighted by Gasteiger charge is 2.07. The van der Waals surface area contributed by atoms with Gasteiger partial charge in [-0.3, -0.25) is 9.56 Å². The maximum Gasteiger partial charge on any atom is 0.191 e. The number of imidazole rings is 1. The highest BCUT2D eigenvalue weighted by Crippen LogP contribution is 2.17. The predicted molar refractivity (Wildman–Crippen MR) is 125 cm³/mol. The Labute approximate surface area is 186 Å². The van der Waals surface area contributed by atoms with Gasteiger partial charge in [-0.1, -0.05) is 19.9 Å². The summed E-state index contributed by atoms with van der Waals surface area (Å²) in [6, 6.07) is 4.04. The van der Waals surface area contributed by atoms with Gasteiger partial charge in [-0.2, -0.15) is 0 Å². The van der Waals surface area contributed by atoms with Gasteiger partial charge in [0.05, 0.1) is 12.2 Å². The van der Waals surface area contributed by atoms with Crippen LogP contribution in [0.3, 0.4) is 0 Å². The summed E-state index contributed by atoms with van der Waals surface area (Å²) < 4.78 is 1.96. The highest BCUT2D eigenvalue weighted by molar-refractivity contribution is 14.0. The molecule has 0 aliphatic heterocycles. The summed E-state index contributed by atoms with van der Waals surface area (Å²) in [7, 11) is 1.76. The first kappa shape index (κ1) is 22.3. The Bertz CT molecular complexity index is 899. The van der Waals surface area contributed by atoms with Crippen molar-refractivity contribution < 1.29 is 0 Å². The third kappa shape index (κ3) is 5.74. The molecule has 3 aromatic rings. The topological polar surface area (TPSA) is 80.0 Å². The van der Waals surface area contributed by atoms with Crippen molar-refractivity contribution in [2.75, 3.05) is 7.05 Å². The largest absolute Gasteiger partial charge is 0.352 e. The van der Waals surface area contributed by atoms with Crippen LogP contribution in [0, 0.1) is 6.92 Å². The highest BCUT2D eigenvalue weighted by atomic mass is 127. The SMILES string of the molecule is CN=C(NCc1ccc(-n2ccnc2C)nc1)NCc1nc(C(C)C)cs1.I. The second-order valence-electron chi connectivity index (χ2n) is 6.47. The van der Waals surface area contributed by atoms with Crippen molar-refractivity contribution in [3.05, 3.63) is 58.2 Å². The molecule has 0 spiro atoms. The van der Waals surface area contributed by atoms with E-state index in [0.717, 1.165) is 33.9 Å². The molecular weight excluding hydrogens is 485 g/mol. The molecule has 3 aromatic heterocycles. The van der Waals surface area contributed by atoms with Gasteiger partial charge in [0.15, 0.2) is 5.96 Å². The number of nitrogens with zero attached hydrogens (tertiary/aromatic N) is 5. The molecule has 2 N–H and O–H groups in total. The first-order valence-corrected chi connectivity index (χ1v) is 9.79. The lowest BCUT2D eigenvalue weighted by Gasteiger charge is -2.11. The number of rotatable bonds is 6. The van der Waals surface area contributed by atoms with Gasteiger partial charge < -0.3 is 10.6 Å². The fraction of sp³-hybridized carbons (Fsp3) is 0.368. The summed E-state index contributed by atoms with van der Waals surface area (Å²) >= 11 is 1.67. The summed E-state index contributed by atoms with van der Waals surface area (Å²) in [4.78, 5) is 17.6. The van der Waals surface area contributed by atoms with Crippen molar-refractivity contribution in [2.24, 2.45) is 4.99 Å². The molecule has 0 saturated heterocycles. The minimum atomic E-state index is 0. The molecule has 0 bridgehead atoms. The van der Waals surface area contributed by atoms with E-state index in [2.05, 4.69) is 55.9 Å². The summed E-state index contributed by atoms with van der Waals surface area (Å²) in [5, 5.41) is 9.79. The fourth-order valence-corrected chi connectivity index (χ4v) is 3.42. The summed E-state index contributed by atoms with van der Waals surface area (Å²) in [6.07, 6.45) is 5.55. The smallest absolute Gasteiger partial charge is 0.191 e. The zero-order valence-electron chi connectivity index (χ0n) is 16.5. The summed E-state index contributed by atoms with van der Waals surface area (Å²) in [5.41, 5.74) is 2.22. The molecule has 0 aromatic carbocycles. The van der Waals surface area contributed by atoms with E-state index in [1.165, 1.54) is 0 Å². The van der Waals surface area contributed by atoms with Crippen LogP contribution in [0.4, 0.5) is 0 Å². The van der Waals surface area contributed by atoms with Crippen molar-refractivity contribution in [3.63, 3.8) is 0 Å². The maximum absolute atomic E-state index is 4.63. The maximum atomic E-state index is 4.63. The van der Waals surface area contributed by atoms with Crippen LogP contribution in [0.5, 0.6) is 0 Å². The number of pyridine rings is 1. The monoisotopic (exact) mass is 511 g/mol. The molecule has 0 fully saturated rings. The molecule has 0 amide bonds. The van der Waals surface area contributed by atoms with Crippen molar-refractivity contribution >= 4 is 41.3 Å². The number of guanidine groups is 1. The lowest BCUT2D eigenvalue weighted by atomic mass is 10.2. The van der Waals surface area contributed by atoms with Gasteiger partial charge in [0, 0.05) is 37.6 Å². The van der Waals surface area contributed by atoms with Crippen LogP contribution in [0.25, 0.3) is 5.82 Å². The van der Waals surface area contributed by atoms with Crippen LogP contribution in [-0.2, 0) is 13.1 Å². The van der Waals surface area contributed by atoms with E-state index in [0.29, 0.717) is 19.0 Å². The number of hydrogen-bond donors (Lipinski definition) is 2. The molecule has 0 radical (unpaired) electrons.